The minimum Gasteiger partial charge on any atom is -0.395 e. The molecule has 0 bridgehead atoms. The quantitative estimate of drug-likeness (QED) is 0.285. The molecular formula is C6H13NO4. The number of aliphatic hydroxyl groups excluding tert-OH is 4. The molecule has 4 atom stereocenters. The van der Waals surface area contributed by atoms with Crippen LogP contribution in [0.4, 0.5) is 0 Å². The normalized spacial score (nSPS) is 45.8. The summed E-state index contributed by atoms with van der Waals surface area (Å²) >= 11 is 0. The SMILES string of the molecule is OC[C@H]1NCC(O)[C@@H](O)[C@H]1O. The number of piperidine rings is 1. The summed E-state index contributed by atoms with van der Waals surface area (Å²) in [6.07, 6.45) is -3.20. The van der Waals surface area contributed by atoms with E-state index in [2.05, 4.69) is 5.32 Å². The standard InChI is InChI=1S/C6H13NO4/c8-2-3-5(10)6(11)4(9)1-7-3/h3-11H,1-2H2/t3-,4?,5+,6-/m1/s1. The van der Waals surface area contributed by atoms with Crippen LogP contribution in [0.5, 0.6) is 0 Å². The van der Waals surface area contributed by atoms with Gasteiger partial charge in [0.1, 0.15) is 6.10 Å². The minimum atomic E-state index is -1.16. The Hall–Kier alpha value is -0.200. The van der Waals surface area contributed by atoms with Crippen molar-refractivity contribution in [3.63, 3.8) is 0 Å². The highest BCUT2D eigenvalue weighted by molar-refractivity contribution is 4.91. The molecule has 1 aliphatic heterocycles. The van der Waals surface area contributed by atoms with E-state index in [1.807, 2.05) is 0 Å². The van der Waals surface area contributed by atoms with E-state index >= 15 is 0 Å². The molecule has 0 amide bonds. The highest BCUT2D eigenvalue weighted by Gasteiger charge is 2.35. The minimum absolute atomic E-state index is 0.198. The molecule has 0 aromatic carbocycles. The van der Waals surface area contributed by atoms with Crippen LogP contribution in [0.1, 0.15) is 0 Å². The fraction of sp³-hybridized carbons (Fsp3) is 1.00. The number of rotatable bonds is 1. The van der Waals surface area contributed by atoms with E-state index in [0.29, 0.717) is 0 Å². The molecule has 0 aromatic heterocycles. The molecule has 66 valence electrons. The molecule has 0 aromatic rings. The first-order valence-corrected chi connectivity index (χ1v) is 3.55. The topological polar surface area (TPSA) is 93.0 Å². The first-order valence-electron chi connectivity index (χ1n) is 3.55. The largest absolute Gasteiger partial charge is 0.395 e. The molecule has 0 saturated carbocycles. The van der Waals surface area contributed by atoms with E-state index in [0.717, 1.165) is 0 Å². The van der Waals surface area contributed by atoms with Gasteiger partial charge in [-0.3, -0.25) is 0 Å². The number of nitrogens with one attached hydrogen (secondary N) is 1. The highest BCUT2D eigenvalue weighted by Crippen LogP contribution is 2.09. The average Bonchev–Trinajstić information content (AvgIpc) is 2.01. The second-order valence-corrected chi connectivity index (χ2v) is 2.75. The van der Waals surface area contributed by atoms with E-state index in [1.54, 1.807) is 0 Å². The summed E-state index contributed by atoms with van der Waals surface area (Å²) < 4.78 is 0. The van der Waals surface area contributed by atoms with Gasteiger partial charge in [0.15, 0.2) is 0 Å². The lowest BCUT2D eigenvalue weighted by Gasteiger charge is -2.34. The second kappa shape index (κ2) is 3.46. The van der Waals surface area contributed by atoms with Gasteiger partial charge < -0.3 is 25.7 Å². The monoisotopic (exact) mass is 163 g/mol. The predicted molar refractivity (Wildman–Crippen MR) is 36.9 cm³/mol. The van der Waals surface area contributed by atoms with Crippen LogP contribution in [0.15, 0.2) is 0 Å². The van der Waals surface area contributed by atoms with Crippen molar-refractivity contribution in [1.29, 1.82) is 0 Å². The van der Waals surface area contributed by atoms with Crippen LogP contribution < -0.4 is 5.32 Å². The van der Waals surface area contributed by atoms with Gasteiger partial charge >= 0.3 is 0 Å². The van der Waals surface area contributed by atoms with Crippen molar-refractivity contribution in [2.24, 2.45) is 0 Å². The molecule has 0 spiro atoms. The Morgan fingerprint density at radius 2 is 1.82 bits per heavy atom. The number of hydrogen-bond donors (Lipinski definition) is 5. The van der Waals surface area contributed by atoms with Crippen molar-refractivity contribution >= 4 is 0 Å². The van der Waals surface area contributed by atoms with E-state index < -0.39 is 24.4 Å². The third kappa shape index (κ3) is 1.69. The van der Waals surface area contributed by atoms with E-state index in [1.165, 1.54) is 0 Å². The van der Waals surface area contributed by atoms with Crippen molar-refractivity contribution in [3.8, 4) is 0 Å². The van der Waals surface area contributed by atoms with Gasteiger partial charge in [-0.15, -0.1) is 0 Å². The summed E-state index contributed by atoms with van der Waals surface area (Å²) in [6, 6.07) is -0.534. The zero-order valence-corrected chi connectivity index (χ0v) is 6.01. The molecule has 5 nitrogen and oxygen atoms in total. The van der Waals surface area contributed by atoms with Gasteiger partial charge in [0, 0.05) is 6.54 Å². The van der Waals surface area contributed by atoms with Crippen LogP contribution in [-0.2, 0) is 0 Å². The zero-order chi connectivity index (χ0) is 8.43. The van der Waals surface area contributed by atoms with Gasteiger partial charge in [-0.25, -0.2) is 0 Å². The van der Waals surface area contributed by atoms with Gasteiger partial charge in [0.2, 0.25) is 0 Å². The molecule has 5 heteroatoms. The molecule has 0 radical (unpaired) electrons. The van der Waals surface area contributed by atoms with Crippen molar-refractivity contribution < 1.29 is 20.4 Å². The zero-order valence-electron chi connectivity index (χ0n) is 6.01. The summed E-state index contributed by atoms with van der Waals surface area (Å²) in [5.74, 6) is 0. The van der Waals surface area contributed by atoms with Crippen molar-refractivity contribution in [3.05, 3.63) is 0 Å². The average molecular weight is 163 g/mol. The first-order chi connectivity index (χ1) is 5.16. The summed E-state index contributed by atoms with van der Waals surface area (Å²) in [5, 5.41) is 38.6. The molecule has 11 heavy (non-hydrogen) atoms. The predicted octanol–water partition coefficient (Wildman–Crippen LogP) is -2.97. The molecule has 1 heterocycles. The lowest BCUT2D eigenvalue weighted by atomic mass is 9.97. The molecular weight excluding hydrogens is 150 g/mol. The maximum atomic E-state index is 9.18. The van der Waals surface area contributed by atoms with Gasteiger partial charge in [-0.05, 0) is 0 Å². The molecule has 1 unspecified atom stereocenters. The highest BCUT2D eigenvalue weighted by atomic mass is 16.4. The summed E-state index contributed by atoms with van der Waals surface area (Å²) in [4.78, 5) is 0. The fourth-order valence-corrected chi connectivity index (χ4v) is 1.15. The summed E-state index contributed by atoms with van der Waals surface area (Å²) in [6.45, 7) is -0.0472. The Labute approximate surface area is 64.3 Å². The van der Waals surface area contributed by atoms with Gasteiger partial charge in [0.05, 0.1) is 24.9 Å². The third-order valence-corrected chi connectivity index (χ3v) is 1.94. The van der Waals surface area contributed by atoms with E-state index in [-0.39, 0.29) is 13.2 Å². The smallest absolute Gasteiger partial charge is 0.109 e. The molecule has 1 aliphatic rings. The maximum Gasteiger partial charge on any atom is 0.109 e. The number of aliphatic hydroxyl groups is 4. The van der Waals surface area contributed by atoms with Crippen molar-refractivity contribution in [2.75, 3.05) is 13.2 Å². The van der Waals surface area contributed by atoms with Crippen LogP contribution in [-0.4, -0.2) is 57.9 Å². The van der Waals surface area contributed by atoms with E-state index in [9.17, 15) is 5.11 Å². The number of β-amino-alcohol motifs (C(OH)–C–C–N with tert-alkyl or cyclic N) is 1. The Morgan fingerprint density at radius 1 is 1.18 bits per heavy atom. The van der Waals surface area contributed by atoms with Crippen LogP contribution in [0.3, 0.4) is 0 Å². The third-order valence-electron chi connectivity index (χ3n) is 1.94. The van der Waals surface area contributed by atoms with Crippen molar-refractivity contribution in [1.82, 2.24) is 5.32 Å². The summed E-state index contributed by atoms with van der Waals surface area (Å²) in [5.41, 5.74) is 0. The number of hydrogen-bond acceptors (Lipinski definition) is 5. The molecule has 5 N–H and O–H groups in total. The summed E-state index contributed by atoms with van der Waals surface area (Å²) in [7, 11) is 0. The fourth-order valence-electron chi connectivity index (χ4n) is 1.15. The lowest BCUT2D eigenvalue weighted by molar-refractivity contribution is -0.101. The first kappa shape index (κ1) is 8.89. The van der Waals surface area contributed by atoms with Crippen LogP contribution >= 0.6 is 0 Å². The molecule has 1 fully saturated rings. The Balaban J connectivity index is 2.52. The van der Waals surface area contributed by atoms with Crippen LogP contribution in [0, 0.1) is 0 Å². The molecule has 0 aliphatic carbocycles. The maximum absolute atomic E-state index is 9.18. The molecule has 1 saturated heterocycles. The van der Waals surface area contributed by atoms with Gasteiger partial charge in [-0.1, -0.05) is 0 Å². The van der Waals surface area contributed by atoms with E-state index in [4.69, 9.17) is 15.3 Å². The lowest BCUT2D eigenvalue weighted by Crippen LogP contribution is -2.60. The Kier molecular flexibility index (Phi) is 2.80. The molecule has 1 rings (SSSR count). The van der Waals surface area contributed by atoms with Crippen LogP contribution in [0.25, 0.3) is 0 Å². The Morgan fingerprint density at radius 3 is 2.36 bits per heavy atom. The van der Waals surface area contributed by atoms with Gasteiger partial charge in [-0.2, -0.15) is 0 Å². The van der Waals surface area contributed by atoms with Crippen molar-refractivity contribution in [2.45, 2.75) is 24.4 Å². The van der Waals surface area contributed by atoms with Crippen LogP contribution in [0.2, 0.25) is 0 Å². The second-order valence-electron chi connectivity index (χ2n) is 2.75. The van der Waals surface area contributed by atoms with Gasteiger partial charge in [0.25, 0.3) is 0 Å². The Bertz CT molecular complexity index is 130.